The molecular weight excluding hydrogens is 317 g/mol. The third-order valence-corrected chi connectivity index (χ3v) is 4.79. The van der Waals surface area contributed by atoms with Gasteiger partial charge in [-0.15, -0.1) is 0 Å². The van der Waals surface area contributed by atoms with Crippen LogP contribution in [0.15, 0.2) is 47.4 Å². The minimum absolute atomic E-state index is 0.0769. The number of hydrogen-bond acceptors (Lipinski definition) is 5. The number of nitrogens with one attached hydrogen (secondary N) is 1. The first-order valence-corrected chi connectivity index (χ1v) is 8.41. The summed E-state index contributed by atoms with van der Waals surface area (Å²) in [4.78, 5) is 0.0769. The molecule has 3 N–H and O–H groups in total. The van der Waals surface area contributed by atoms with E-state index in [9.17, 15) is 8.42 Å². The number of ether oxygens (including phenoxy) is 1. The fourth-order valence-electron chi connectivity index (χ4n) is 2.06. The number of hydrogen-bond donors (Lipinski definition) is 3. The van der Waals surface area contributed by atoms with Gasteiger partial charge in [0.05, 0.1) is 7.11 Å². The maximum Gasteiger partial charge on any atom is 0.488 e. The normalized spacial score (nSPS) is 11.3. The molecule has 122 valence electrons. The predicted molar refractivity (Wildman–Crippen MR) is 88.0 cm³/mol. The molecule has 0 radical (unpaired) electrons. The second-order valence-corrected chi connectivity index (χ2v) is 6.83. The van der Waals surface area contributed by atoms with Gasteiger partial charge in [0.15, 0.2) is 0 Å². The molecule has 0 aliphatic heterocycles. The molecule has 23 heavy (non-hydrogen) atoms. The van der Waals surface area contributed by atoms with E-state index in [2.05, 4.69) is 4.72 Å². The fourth-order valence-corrected chi connectivity index (χ4v) is 3.23. The van der Waals surface area contributed by atoms with E-state index in [-0.39, 0.29) is 17.2 Å². The number of methoxy groups -OCH3 is 1. The first-order valence-electron chi connectivity index (χ1n) is 6.93. The Kier molecular flexibility index (Phi) is 5.43. The second kappa shape index (κ2) is 7.14. The first-order chi connectivity index (χ1) is 10.8. The molecule has 0 bridgehead atoms. The predicted octanol–water partition coefficient (Wildman–Crippen LogP) is 0.162. The second-order valence-electron chi connectivity index (χ2n) is 5.09. The van der Waals surface area contributed by atoms with Crippen LogP contribution in [0.4, 0.5) is 0 Å². The zero-order valence-electron chi connectivity index (χ0n) is 12.9. The molecule has 0 aliphatic rings. The van der Waals surface area contributed by atoms with E-state index in [1.165, 1.54) is 25.3 Å². The van der Waals surface area contributed by atoms with Crippen molar-refractivity contribution in [3.05, 3.63) is 53.6 Å². The Morgan fingerprint density at radius 2 is 1.78 bits per heavy atom. The van der Waals surface area contributed by atoms with Crippen molar-refractivity contribution in [1.29, 1.82) is 0 Å². The van der Waals surface area contributed by atoms with Gasteiger partial charge in [0.2, 0.25) is 10.0 Å². The molecule has 0 fully saturated rings. The average Bonchev–Trinajstić information content (AvgIpc) is 2.53. The van der Waals surface area contributed by atoms with E-state index in [0.717, 1.165) is 5.56 Å². The maximum atomic E-state index is 12.4. The molecule has 2 rings (SSSR count). The van der Waals surface area contributed by atoms with E-state index < -0.39 is 17.1 Å². The number of sulfonamides is 1. The molecule has 6 nitrogen and oxygen atoms in total. The lowest BCUT2D eigenvalue weighted by atomic mass is 9.80. The van der Waals surface area contributed by atoms with Gasteiger partial charge in [0.25, 0.3) is 0 Å². The highest BCUT2D eigenvalue weighted by molar-refractivity contribution is 7.89. The lowest BCUT2D eigenvalue weighted by Gasteiger charge is -2.11. The zero-order chi connectivity index (χ0) is 17.0. The van der Waals surface area contributed by atoms with Crippen molar-refractivity contribution < 1.29 is 23.2 Å². The van der Waals surface area contributed by atoms with Gasteiger partial charge in [-0.05, 0) is 35.6 Å². The van der Waals surface area contributed by atoms with Crippen molar-refractivity contribution in [3.63, 3.8) is 0 Å². The Bertz CT molecular complexity index is 775. The van der Waals surface area contributed by atoms with Crippen LogP contribution >= 0.6 is 0 Å². The van der Waals surface area contributed by atoms with E-state index in [1.807, 2.05) is 6.92 Å². The van der Waals surface area contributed by atoms with Gasteiger partial charge in [0.1, 0.15) is 10.6 Å². The highest BCUT2D eigenvalue weighted by Crippen LogP contribution is 2.24. The highest BCUT2D eigenvalue weighted by atomic mass is 32.2. The van der Waals surface area contributed by atoms with Crippen LogP contribution in [0.2, 0.25) is 0 Å². The molecule has 0 amide bonds. The molecule has 0 saturated carbocycles. The summed E-state index contributed by atoms with van der Waals surface area (Å²) >= 11 is 0. The van der Waals surface area contributed by atoms with Crippen LogP contribution in [-0.2, 0) is 16.6 Å². The van der Waals surface area contributed by atoms with Crippen molar-refractivity contribution in [3.8, 4) is 5.75 Å². The molecular formula is C15H18BNO5S. The Labute approximate surface area is 135 Å². The van der Waals surface area contributed by atoms with Crippen LogP contribution in [-0.4, -0.2) is 32.7 Å². The summed E-state index contributed by atoms with van der Waals surface area (Å²) in [6, 6.07) is 11.2. The van der Waals surface area contributed by atoms with Crippen molar-refractivity contribution in [2.24, 2.45) is 0 Å². The molecule has 0 aliphatic carbocycles. The minimum atomic E-state index is -3.72. The molecule has 2 aromatic carbocycles. The van der Waals surface area contributed by atoms with E-state index >= 15 is 0 Å². The maximum absolute atomic E-state index is 12.4. The molecule has 0 saturated heterocycles. The molecule has 0 unspecified atom stereocenters. The van der Waals surface area contributed by atoms with Gasteiger partial charge in [-0.1, -0.05) is 30.3 Å². The van der Waals surface area contributed by atoms with Crippen LogP contribution in [0.25, 0.3) is 0 Å². The quantitative estimate of drug-likeness (QED) is 0.654. The van der Waals surface area contributed by atoms with Crippen molar-refractivity contribution in [1.82, 2.24) is 4.72 Å². The van der Waals surface area contributed by atoms with Crippen LogP contribution in [0.1, 0.15) is 11.1 Å². The minimum Gasteiger partial charge on any atom is -0.495 e. The lowest BCUT2D eigenvalue weighted by Crippen LogP contribution is -2.30. The molecule has 0 atom stereocenters. The third kappa shape index (κ3) is 4.32. The van der Waals surface area contributed by atoms with E-state index in [0.29, 0.717) is 11.0 Å². The lowest BCUT2D eigenvalue weighted by molar-refractivity contribution is 0.402. The summed E-state index contributed by atoms with van der Waals surface area (Å²) in [6.07, 6.45) is 0. The zero-order valence-corrected chi connectivity index (χ0v) is 13.7. The fraction of sp³-hybridized carbons (Fsp3) is 0.200. The van der Waals surface area contributed by atoms with E-state index in [4.69, 9.17) is 14.8 Å². The number of aryl methyl sites for hydroxylation is 1. The van der Waals surface area contributed by atoms with Crippen molar-refractivity contribution in [2.75, 3.05) is 7.11 Å². The molecule has 0 aromatic heterocycles. The Morgan fingerprint density at radius 3 is 2.35 bits per heavy atom. The number of benzene rings is 2. The standard InChI is InChI=1S/C15H18BNO5S/c1-11-3-8-15(14(9-11)22-2)23(20,21)17-10-12-4-6-13(7-5-12)16(18)19/h3-9,17-19H,10H2,1-2H3. The summed E-state index contributed by atoms with van der Waals surface area (Å²) in [7, 11) is -3.84. The summed E-state index contributed by atoms with van der Waals surface area (Å²) < 4.78 is 32.4. The molecule has 2 aromatic rings. The average molecular weight is 335 g/mol. The SMILES string of the molecule is COc1cc(C)ccc1S(=O)(=O)NCc1ccc(B(O)O)cc1. The van der Waals surface area contributed by atoms with Gasteiger partial charge in [-0.3, -0.25) is 0 Å². The summed E-state index contributed by atoms with van der Waals surface area (Å²) in [5.41, 5.74) is 1.94. The molecule has 0 spiro atoms. The monoisotopic (exact) mass is 335 g/mol. The summed E-state index contributed by atoms with van der Waals surface area (Å²) in [5, 5.41) is 18.1. The van der Waals surface area contributed by atoms with Gasteiger partial charge >= 0.3 is 7.12 Å². The topological polar surface area (TPSA) is 95.9 Å². The van der Waals surface area contributed by atoms with Crippen LogP contribution < -0.4 is 14.9 Å². The number of rotatable bonds is 6. The van der Waals surface area contributed by atoms with Crippen LogP contribution in [0.5, 0.6) is 5.75 Å². The Hall–Kier alpha value is -1.87. The molecule has 8 heteroatoms. The van der Waals surface area contributed by atoms with E-state index in [1.54, 1.807) is 24.3 Å². The van der Waals surface area contributed by atoms with Gasteiger partial charge < -0.3 is 14.8 Å². The Balaban J connectivity index is 2.15. The first kappa shape index (κ1) is 17.5. The highest BCUT2D eigenvalue weighted by Gasteiger charge is 2.19. The van der Waals surface area contributed by atoms with Gasteiger partial charge in [-0.25, -0.2) is 13.1 Å². The van der Waals surface area contributed by atoms with Crippen LogP contribution in [0.3, 0.4) is 0 Å². The summed E-state index contributed by atoms with van der Waals surface area (Å²) in [5.74, 6) is 0.288. The van der Waals surface area contributed by atoms with Gasteiger partial charge in [-0.2, -0.15) is 0 Å². The van der Waals surface area contributed by atoms with Crippen LogP contribution in [0, 0.1) is 6.92 Å². The summed E-state index contributed by atoms with van der Waals surface area (Å²) in [6.45, 7) is 1.94. The molecule has 0 heterocycles. The van der Waals surface area contributed by atoms with Crippen molar-refractivity contribution in [2.45, 2.75) is 18.4 Å². The smallest absolute Gasteiger partial charge is 0.488 e. The largest absolute Gasteiger partial charge is 0.495 e. The third-order valence-electron chi connectivity index (χ3n) is 3.35. The van der Waals surface area contributed by atoms with Crippen molar-refractivity contribution >= 4 is 22.6 Å². The van der Waals surface area contributed by atoms with Gasteiger partial charge in [0, 0.05) is 6.54 Å². The Morgan fingerprint density at radius 1 is 1.13 bits per heavy atom.